The van der Waals surface area contributed by atoms with E-state index in [-0.39, 0.29) is 18.4 Å². The van der Waals surface area contributed by atoms with Gasteiger partial charge in [0.05, 0.1) is 5.52 Å². The van der Waals surface area contributed by atoms with Crippen LogP contribution in [-0.2, 0) is 6.54 Å². The number of carbonyl (C=O) groups is 1. The number of carbonyl (C=O) groups excluding carboxylic acids is 1. The molecule has 3 rings (SSSR count). The number of aliphatic hydroxyl groups excluding tert-OH is 1. The summed E-state index contributed by atoms with van der Waals surface area (Å²) in [7, 11) is 0. The molecule has 1 amide bonds. The van der Waals surface area contributed by atoms with E-state index in [1.807, 2.05) is 25.1 Å². The fraction of sp³-hybridized carbons (Fsp3) is 0.300. The number of benzene rings is 1. The van der Waals surface area contributed by atoms with Gasteiger partial charge in [0.2, 0.25) is 0 Å². The van der Waals surface area contributed by atoms with Gasteiger partial charge in [0.15, 0.2) is 0 Å². The molecule has 2 N–H and O–H groups in total. The van der Waals surface area contributed by atoms with E-state index in [0.29, 0.717) is 11.4 Å². The molecule has 1 unspecified atom stereocenters. The number of nitrogens with zero attached hydrogens (tertiary/aromatic N) is 2. The van der Waals surface area contributed by atoms with Crippen molar-refractivity contribution in [1.29, 1.82) is 0 Å². The Bertz CT molecular complexity index is 897. The predicted molar refractivity (Wildman–Crippen MR) is 100 cm³/mol. The van der Waals surface area contributed by atoms with Crippen molar-refractivity contribution < 1.29 is 9.90 Å². The molecule has 5 heteroatoms. The standard InChI is InChI=1S/C20H23N3O2/c1-4-23-11-13(2)17-10-21-19(9-18(17)23)22-20(25)16-7-5-15(6-8-16)14(3)12-24/h5-11,14,24H,4,12H2,1-3H3,(H,21,22,25). The summed E-state index contributed by atoms with van der Waals surface area (Å²) in [6.07, 6.45) is 3.90. The smallest absolute Gasteiger partial charge is 0.256 e. The maximum absolute atomic E-state index is 12.5. The van der Waals surface area contributed by atoms with Crippen LogP contribution in [0.25, 0.3) is 10.9 Å². The maximum atomic E-state index is 12.5. The molecule has 25 heavy (non-hydrogen) atoms. The zero-order valence-electron chi connectivity index (χ0n) is 14.8. The average molecular weight is 337 g/mol. The van der Waals surface area contributed by atoms with Gasteiger partial charge in [0.25, 0.3) is 5.91 Å². The van der Waals surface area contributed by atoms with E-state index in [1.165, 1.54) is 5.56 Å². The third kappa shape index (κ3) is 3.42. The lowest BCUT2D eigenvalue weighted by Crippen LogP contribution is -2.13. The summed E-state index contributed by atoms with van der Waals surface area (Å²) < 4.78 is 2.15. The second kappa shape index (κ2) is 7.07. The summed E-state index contributed by atoms with van der Waals surface area (Å²) in [6, 6.07) is 9.20. The number of rotatable bonds is 5. The molecule has 0 fully saturated rings. The molecule has 0 saturated carbocycles. The highest BCUT2D eigenvalue weighted by Gasteiger charge is 2.11. The fourth-order valence-corrected chi connectivity index (χ4v) is 2.95. The highest BCUT2D eigenvalue weighted by Crippen LogP contribution is 2.23. The van der Waals surface area contributed by atoms with Crippen molar-refractivity contribution in [3.63, 3.8) is 0 Å². The fourth-order valence-electron chi connectivity index (χ4n) is 2.95. The van der Waals surface area contributed by atoms with Crippen LogP contribution in [0.15, 0.2) is 42.7 Å². The molecular weight excluding hydrogens is 314 g/mol. The van der Waals surface area contributed by atoms with Crippen molar-refractivity contribution in [2.24, 2.45) is 0 Å². The summed E-state index contributed by atoms with van der Waals surface area (Å²) in [4.78, 5) is 16.8. The molecule has 2 aromatic heterocycles. The van der Waals surface area contributed by atoms with Gasteiger partial charge in [-0.1, -0.05) is 19.1 Å². The number of aliphatic hydroxyl groups is 1. The van der Waals surface area contributed by atoms with Crippen LogP contribution in [0.2, 0.25) is 0 Å². The van der Waals surface area contributed by atoms with Crippen LogP contribution < -0.4 is 5.32 Å². The Kier molecular flexibility index (Phi) is 4.86. The van der Waals surface area contributed by atoms with Gasteiger partial charge in [0, 0.05) is 48.5 Å². The van der Waals surface area contributed by atoms with E-state index in [2.05, 4.69) is 34.9 Å². The van der Waals surface area contributed by atoms with E-state index in [9.17, 15) is 9.90 Å². The van der Waals surface area contributed by atoms with Gasteiger partial charge < -0.3 is 15.0 Å². The lowest BCUT2D eigenvalue weighted by molar-refractivity contribution is 0.102. The number of aromatic nitrogens is 2. The van der Waals surface area contributed by atoms with Gasteiger partial charge in [-0.3, -0.25) is 4.79 Å². The Hall–Kier alpha value is -2.66. The van der Waals surface area contributed by atoms with E-state index < -0.39 is 0 Å². The van der Waals surface area contributed by atoms with Crippen LogP contribution in [0.1, 0.15) is 41.3 Å². The summed E-state index contributed by atoms with van der Waals surface area (Å²) in [5.74, 6) is 0.408. The molecule has 0 radical (unpaired) electrons. The van der Waals surface area contributed by atoms with Crippen molar-refractivity contribution in [2.75, 3.05) is 11.9 Å². The largest absolute Gasteiger partial charge is 0.396 e. The SMILES string of the molecule is CCn1cc(C)c2cnc(NC(=O)c3ccc(C(C)CO)cc3)cc21. The Labute approximate surface area is 147 Å². The molecule has 130 valence electrons. The Morgan fingerprint density at radius 2 is 2.04 bits per heavy atom. The normalized spacial score (nSPS) is 12.3. The Morgan fingerprint density at radius 1 is 1.32 bits per heavy atom. The van der Waals surface area contributed by atoms with Crippen molar-refractivity contribution in [3.05, 3.63) is 59.4 Å². The van der Waals surface area contributed by atoms with E-state index in [0.717, 1.165) is 23.0 Å². The predicted octanol–water partition coefficient (Wildman–Crippen LogP) is 3.71. The topological polar surface area (TPSA) is 67.2 Å². The number of pyridine rings is 1. The molecule has 0 spiro atoms. The number of hydrogen-bond acceptors (Lipinski definition) is 3. The molecule has 1 atom stereocenters. The number of amides is 1. The van der Waals surface area contributed by atoms with Gasteiger partial charge in [-0.2, -0.15) is 0 Å². The number of anilines is 1. The summed E-state index contributed by atoms with van der Waals surface area (Å²) in [5.41, 5.74) is 3.82. The minimum absolute atomic E-state index is 0.0613. The van der Waals surface area contributed by atoms with Crippen LogP contribution in [0.3, 0.4) is 0 Å². The Balaban J connectivity index is 1.82. The van der Waals surface area contributed by atoms with E-state index in [1.54, 1.807) is 18.3 Å². The first-order valence-electron chi connectivity index (χ1n) is 8.51. The molecule has 3 aromatic rings. The zero-order chi connectivity index (χ0) is 18.0. The maximum Gasteiger partial charge on any atom is 0.256 e. The van der Waals surface area contributed by atoms with Crippen molar-refractivity contribution in [2.45, 2.75) is 33.2 Å². The number of nitrogens with one attached hydrogen (secondary N) is 1. The van der Waals surface area contributed by atoms with E-state index in [4.69, 9.17) is 0 Å². The minimum atomic E-state index is -0.193. The van der Waals surface area contributed by atoms with Crippen molar-refractivity contribution in [3.8, 4) is 0 Å². The zero-order valence-corrected chi connectivity index (χ0v) is 14.8. The summed E-state index contributed by atoms with van der Waals surface area (Å²) in [6.45, 7) is 7.05. The molecule has 0 aliphatic rings. The molecule has 0 aliphatic carbocycles. The lowest BCUT2D eigenvalue weighted by atomic mass is 10.0. The minimum Gasteiger partial charge on any atom is -0.396 e. The van der Waals surface area contributed by atoms with Gasteiger partial charge in [-0.15, -0.1) is 0 Å². The van der Waals surface area contributed by atoms with Crippen LogP contribution in [0, 0.1) is 6.92 Å². The highest BCUT2D eigenvalue weighted by atomic mass is 16.3. The molecule has 0 bridgehead atoms. The first-order valence-corrected chi connectivity index (χ1v) is 8.51. The third-order valence-electron chi connectivity index (χ3n) is 4.56. The van der Waals surface area contributed by atoms with Crippen LogP contribution in [0.5, 0.6) is 0 Å². The number of fused-ring (bicyclic) bond motifs is 1. The van der Waals surface area contributed by atoms with Crippen LogP contribution in [0.4, 0.5) is 5.82 Å². The van der Waals surface area contributed by atoms with Gasteiger partial charge in [-0.25, -0.2) is 4.98 Å². The first-order chi connectivity index (χ1) is 12.0. The molecule has 0 aliphatic heterocycles. The summed E-state index contributed by atoms with van der Waals surface area (Å²) in [5, 5.41) is 13.2. The van der Waals surface area contributed by atoms with Crippen LogP contribution >= 0.6 is 0 Å². The van der Waals surface area contributed by atoms with Gasteiger partial charge in [0.1, 0.15) is 5.82 Å². The van der Waals surface area contributed by atoms with Crippen molar-refractivity contribution in [1.82, 2.24) is 9.55 Å². The Morgan fingerprint density at radius 3 is 2.68 bits per heavy atom. The highest BCUT2D eigenvalue weighted by molar-refractivity contribution is 6.04. The van der Waals surface area contributed by atoms with Crippen LogP contribution in [-0.4, -0.2) is 27.2 Å². The third-order valence-corrected chi connectivity index (χ3v) is 4.56. The second-order valence-electron chi connectivity index (χ2n) is 6.34. The van der Waals surface area contributed by atoms with Crippen molar-refractivity contribution >= 4 is 22.6 Å². The molecule has 1 aromatic carbocycles. The molecular formula is C20H23N3O2. The van der Waals surface area contributed by atoms with Gasteiger partial charge >= 0.3 is 0 Å². The lowest BCUT2D eigenvalue weighted by Gasteiger charge is -2.10. The average Bonchev–Trinajstić information content (AvgIpc) is 2.96. The quantitative estimate of drug-likeness (QED) is 0.746. The number of hydrogen-bond donors (Lipinski definition) is 2. The molecule has 5 nitrogen and oxygen atoms in total. The van der Waals surface area contributed by atoms with E-state index >= 15 is 0 Å². The first kappa shape index (κ1) is 17.2. The summed E-state index contributed by atoms with van der Waals surface area (Å²) >= 11 is 0. The second-order valence-corrected chi connectivity index (χ2v) is 6.34. The number of aryl methyl sites for hydroxylation is 2. The monoisotopic (exact) mass is 337 g/mol. The molecule has 0 saturated heterocycles. The van der Waals surface area contributed by atoms with Gasteiger partial charge in [-0.05, 0) is 37.1 Å². The molecule has 2 heterocycles.